The van der Waals surface area contributed by atoms with Crippen LogP contribution in [0.3, 0.4) is 0 Å². The minimum absolute atomic E-state index is 0.0182. The van der Waals surface area contributed by atoms with E-state index >= 15 is 0 Å². The molecule has 39 heavy (non-hydrogen) atoms. The molecule has 0 bridgehead atoms. The summed E-state index contributed by atoms with van der Waals surface area (Å²) in [5, 5.41) is 5.68. The molecule has 1 aliphatic heterocycles. The number of pyridine rings is 2. The first-order chi connectivity index (χ1) is 18.8. The summed E-state index contributed by atoms with van der Waals surface area (Å²) in [5.41, 5.74) is 0.108. The third-order valence-electron chi connectivity index (χ3n) is 6.46. The molecular formula is C28H32F3N5O3. The first kappa shape index (κ1) is 28.2. The van der Waals surface area contributed by atoms with Crippen molar-refractivity contribution in [1.29, 1.82) is 0 Å². The van der Waals surface area contributed by atoms with E-state index in [1.165, 1.54) is 19.4 Å². The summed E-state index contributed by atoms with van der Waals surface area (Å²) >= 11 is 0. The first-order valence-electron chi connectivity index (χ1n) is 12.8. The van der Waals surface area contributed by atoms with E-state index in [4.69, 9.17) is 9.47 Å². The summed E-state index contributed by atoms with van der Waals surface area (Å²) in [5.74, 6) is 0.182. The number of halogens is 3. The number of benzene rings is 1. The van der Waals surface area contributed by atoms with Gasteiger partial charge in [0, 0.05) is 42.8 Å². The average molecular weight is 544 g/mol. The molecule has 1 fully saturated rings. The van der Waals surface area contributed by atoms with Gasteiger partial charge in [-0.3, -0.25) is 9.69 Å². The van der Waals surface area contributed by atoms with Gasteiger partial charge in [0.05, 0.1) is 18.2 Å². The monoisotopic (exact) mass is 543 g/mol. The molecule has 2 N–H and O–H groups in total. The highest BCUT2D eigenvalue weighted by atomic mass is 19.4. The van der Waals surface area contributed by atoms with Crippen LogP contribution in [0.1, 0.15) is 47.7 Å². The van der Waals surface area contributed by atoms with Crippen molar-refractivity contribution < 1.29 is 27.4 Å². The van der Waals surface area contributed by atoms with Crippen molar-refractivity contribution >= 4 is 17.4 Å². The number of aromatic nitrogens is 2. The van der Waals surface area contributed by atoms with Crippen LogP contribution in [-0.2, 0) is 12.7 Å². The van der Waals surface area contributed by atoms with Crippen LogP contribution in [0.4, 0.5) is 24.7 Å². The molecule has 11 heteroatoms. The lowest BCUT2D eigenvalue weighted by Gasteiger charge is -2.24. The Balaban J connectivity index is 1.49. The fourth-order valence-electron chi connectivity index (χ4n) is 4.56. The third kappa shape index (κ3) is 7.60. The molecule has 1 aromatic carbocycles. The van der Waals surface area contributed by atoms with E-state index in [2.05, 4.69) is 32.4 Å². The lowest BCUT2D eigenvalue weighted by molar-refractivity contribution is -0.137. The van der Waals surface area contributed by atoms with Crippen LogP contribution in [0.15, 0.2) is 54.9 Å². The van der Waals surface area contributed by atoms with Gasteiger partial charge in [0.1, 0.15) is 18.2 Å². The predicted molar refractivity (Wildman–Crippen MR) is 142 cm³/mol. The SMILES string of the molecule is CCCN1CCC[C@H]1COc1cc(NC(=O)c2cccnc2NCc2ccnc(OC)c2)cc(C(F)(F)F)c1. The maximum absolute atomic E-state index is 13.7. The fraction of sp³-hybridized carbons (Fsp3) is 0.393. The summed E-state index contributed by atoms with van der Waals surface area (Å²) in [6.45, 7) is 4.59. The number of hydrogen-bond acceptors (Lipinski definition) is 7. The molecule has 3 heterocycles. The summed E-state index contributed by atoms with van der Waals surface area (Å²) in [6.07, 6.45) is 1.49. The molecule has 2 aromatic heterocycles. The Hall–Kier alpha value is -3.86. The van der Waals surface area contributed by atoms with Crippen LogP contribution >= 0.6 is 0 Å². The average Bonchev–Trinajstić information content (AvgIpc) is 3.37. The molecule has 0 unspecified atom stereocenters. The van der Waals surface area contributed by atoms with Gasteiger partial charge in [-0.25, -0.2) is 9.97 Å². The molecule has 1 saturated heterocycles. The molecule has 208 valence electrons. The number of carbonyl (C=O) groups excluding carboxylic acids is 1. The molecule has 4 rings (SSSR count). The molecule has 1 aliphatic rings. The van der Waals surface area contributed by atoms with Crippen molar-refractivity contribution in [3.63, 3.8) is 0 Å². The van der Waals surface area contributed by atoms with Gasteiger partial charge in [-0.15, -0.1) is 0 Å². The molecule has 8 nitrogen and oxygen atoms in total. The van der Waals surface area contributed by atoms with Crippen LogP contribution in [-0.4, -0.2) is 53.6 Å². The molecule has 3 aromatic rings. The zero-order valence-corrected chi connectivity index (χ0v) is 21.9. The number of likely N-dealkylation sites (tertiary alicyclic amines) is 1. The molecule has 0 saturated carbocycles. The maximum Gasteiger partial charge on any atom is 0.416 e. The van der Waals surface area contributed by atoms with Crippen molar-refractivity contribution in [2.45, 2.75) is 44.9 Å². The van der Waals surface area contributed by atoms with Crippen molar-refractivity contribution in [2.24, 2.45) is 0 Å². The summed E-state index contributed by atoms with van der Waals surface area (Å²) < 4.78 is 52.0. The van der Waals surface area contributed by atoms with Gasteiger partial charge >= 0.3 is 6.18 Å². The zero-order chi connectivity index (χ0) is 27.8. The predicted octanol–water partition coefficient (Wildman–Crippen LogP) is 5.62. The van der Waals surface area contributed by atoms with Crippen LogP contribution in [0.5, 0.6) is 11.6 Å². The number of methoxy groups -OCH3 is 1. The van der Waals surface area contributed by atoms with Crippen LogP contribution in [0.25, 0.3) is 0 Å². The largest absolute Gasteiger partial charge is 0.492 e. The Morgan fingerprint density at radius 2 is 2.00 bits per heavy atom. The van der Waals surface area contributed by atoms with E-state index in [1.54, 1.807) is 30.5 Å². The second kappa shape index (κ2) is 12.8. The standard InChI is InChI=1S/C28H32F3N5O3/c1-3-11-36-12-5-6-22(36)18-39-23-15-20(28(29,30)31)14-21(16-23)35-27(37)24-7-4-9-33-26(24)34-17-19-8-10-32-25(13-19)38-2/h4,7-10,13-16,22H,3,5-6,11-12,17-18H2,1-2H3,(H,33,34)(H,35,37)/t22-/m0/s1. The number of nitrogens with one attached hydrogen (secondary N) is 2. The normalized spacial score (nSPS) is 15.7. The number of rotatable bonds is 11. The maximum atomic E-state index is 13.7. The quantitative estimate of drug-likeness (QED) is 0.325. The Labute approximate surface area is 225 Å². The zero-order valence-electron chi connectivity index (χ0n) is 21.9. The Morgan fingerprint density at radius 3 is 2.77 bits per heavy atom. The van der Waals surface area contributed by atoms with E-state index in [9.17, 15) is 18.0 Å². The molecule has 0 spiro atoms. The van der Waals surface area contributed by atoms with Gasteiger partial charge in [-0.05, 0) is 68.2 Å². The second-order valence-electron chi connectivity index (χ2n) is 9.30. The smallest absolute Gasteiger partial charge is 0.416 e. The van der Waals surface area contributed by atoms with Crippen molar-refractivity contribution in [2.75, 3.05) is 37.4 Å². The lowest BCUT2D eigenvalue weighted by atomic mass is 10.1. The number of anilines is 2. The number of hydrogen-bond donors (Lipinski definition) is 2. The molecular weight excluding hydrogens is 511 g/mol. The van der Waals surface area contributed by atoms with E-state index < -0.39 is 17.6 Å². The third-order valence-corrected chi connectivity index (χ3v) is 6.46. The van der Waals surface area contributed by atoms with Gasteiger partial charge in [-0.2, -0.15) is 13.2 Å². The lowest BCUT2D eigenvalue weighted by Crippen LogP contribution is -2.34. The summed E-state index contributed by atoms with van der Waals surface area (Å²) in [6, 6.07) is 10.1. The number of alkyl halides is 3. The second-order valence-corrected chi connectivity index (χ2v) is 9.30. The fourth-order valence-corrected chi connectivity index (χ4v) is 4.56. The highest BCUT2D eigenvalue weighted by molar-refractivity contribution is 6.07. The Bertz CT molecular complexity index is 1270. The highest BCUT2D eigenvalue weighted by Crippen LogP contribution is 2.35. The van der Waals surface area contributed by atoms with Crippen molar-refractivity contribution in [1.82, 2.24) is 14.9 Å². The van der Waals surface area contributed by atoms with Gasteiger partial charge in [0.2, 0.25) is 5.88 Å². The minimum atomic E-state index is -4.60. The Kier molecular flexibility index (Phi) is 9.23. The van der Waals surface area contributed by atoms with Gasteiger partial charge in [-0.1, -0.05) is 6.92 Å². The number of amides is 1. The molecule has 0 aliphatic carbocycles. The van der Waals surface area contributed by atoms with E-state index in [0.29, 0.717) is 12.4 Å². The number of ether oxygens (including phenoxy) is 2. The minimum Gasteiger partial charge on any atom is -0.492 e. The van der Waals surface area contributed by atoms with Gasteiger partial charge < -0.3 is 20.1 Å². The first-order valence-corrected chi connectivity index (χ1v) is 12.8. The highest BCUT2D eigenvalue weighted by Gasteiger charge is 2.32. The molecule has 0 radical (unpaired) electrons. The van der Waals surface area contributed by atoms with Gasteiger partial charge in [0.15, 0.2) is 0 Å². The molecule has 1 amide bonds. The van der Waals surface area contributed by atoms with E-state index in [-0.39, 0.29) is 35.5 Å². The van der Waals surface area contributed by atoms with E-state index in [0.717, 1.165) is 50.0 Å². The van der Waals surface area contributed by atoms with Crippen LogP contribution < -0.4 is 20.1 Å². The summed E-state index contributed by atoms with van der Waals surface area (Å²) in [7, 11) is 1.51. The molecule has 1 atom stereocenters. The van der Waals surface area contributed by atoms with E-state index in [1.807, 2.05) is 0 Å². The van der Waals surface area contributed by atoms with Crippen LogP contribution in [0.2, 0.25) is 0 Å². The number of carbonyl (C=O) groups is 1. The summed E-state index contributed by atoms with van der Waals surface area (Å²) in [4.78, 5) is 23.8. The van der Waals surface area contributed by atoms with Crippen molar-refractivity contribution in [3.8, 4) is 11.6 Å². The Morgan fingerprint density at radius 1 is 1.15 bits per heavy atom. The van der Waals surface area contributed by atoms with Crippen LogP contribution in [0, 0.1) is 0 Å². The topological polar surface area (TPSA) is 88.6 Å². The van der Waals surface area contributed by atoms with Crippen molar-refractivity contribution in [3.05, 3.63) is 71.5 Å². The van der Waals surface area contributed by atoms with Gasteiger partial charge in [0.25, 0.3) is 5.91 Å². The number of nitrogens with zero attached hydrogens (tertiary/aromatic N) is 3.